The zero-order valence-corrected chi connectivity index (χ0v) is 16.2. The molecule has 2 amide bonds. The minimum atomic E-state index is -0.362. The van der Waals surface area contributed by atoms with Gasteiger partial charge in [0.25, 0.3) is 11.8 Å². The number of benzene rings is 1. The lowest BCUT2D eigenvalue weighted by Gasteiger charge is -2.07. The molecule has 0 saturated carbocycles. The van der Waals surface area contributed by atoms with Crippen LogP contribution in [0.1, 0.15) is 56.2 Å². The van der Waals surface area contributed by atoms with Crippen molar-refractivity contribution in [1.82, 2.24) is 25.6 Å². The summed E-state index contributed by atoms with van der Waals surface area (Å²) in [5.74, 6) is -0.634. The summed E-state index contributed by atoms with van der Waals surface area (Å²) in [6.45, 7) is 0. The maximum Gasteiger partial charge on any atom is 0.279 e. The van der Waals surface area contributed by atoms with Crippen molar-refractivity contribution in [3.05, 3.63) is 63.9 Å². The van der Waals surface area contributed by atoms with E-state index in [-0.39, 0.29) is 11.8 Å². The summed E-state index contributed by atoms with van der Waals surface area (Å²) in [4.78, 5) is 26.7. The van der Waals surface area contributed by atoms with Crippen LogP contribution in [-0.2, 0) is 12.8 Å². The van der Waals surface area contributed by atoms with E-state index in [9.17, 15) is 9.59 Å². The van der Waals surface area contributed by atoms with Crippen molar-refractivity contribution >= 4 is 23.2 Å². The lowest BCUT2D eigenvalue weighted by molar-refractivity contribution is 0.0849. The van der Waals surface area contributed by atoms with Gasteiger partial charge in [-0.15, -0.1) is 21.5 Å². The van der Waals surface area contributed by atoms with Crippen LogP contribution >= 0.6 is 11.3 Å². The van der Waals surface area contributed by atoms with E-state index in [1.54, 1.807) is 41.5 Å². The molecular formula is C20H21N5O2S. The second kappa shape index (κ2) is 8.35. The number of carbonyl (C=O) groups excluding carboxylic acids is 2. The molecule has 0 bridgehead atoms. The molecule has 1 aliphatic carbocycles. The Hall–Kier alpha value is -3.00. The maximum atomic E-state index is 12.4. The van der Waals surface area contributed by atoms with Gasteiger partial charge in [-0.25, -0.2) is 0 Å². The predicted octanol–water partition coefficient (Wildman–Crippen LogP) is 3.06. The van der Waals surface area contributed by atoms with Gasteiger partial charge in [-0.2, -0.15) is 0 Å². The van der Waals surface area contributed by atoms with E-state index in [1.165, 1.54) is 47.5 Å². The van der Waals surface area contributed by atoms with E-state index in [1.807, 2.05) is 6.07 Å². The highest BCUT2D eigenvalue weighted by Gasteiger charge is 2.16. The summed E-state index contributed by atoms with van der Waals surface area (Å²) in [5.41, 5.74) is 7.61. The fourth-order valence-electron chi connectivity index (χ4n) is 3.32. The van der Waals surface area contributed by atoms with Crippen molar-refractivity contribution < 1.29 is 9.59 Å². The number of hydrazine groups is 1. The molecule has 2 N–H and O–H groups in total. The predicted molar refractivity (Wildman–Crippen MR) is 106 cm³/mol. The maximum absolute atomic E-state index is 12.4. The van der Waals surface area contributed by atoms with Gasteiger partial charge in [-0.05, 0) is 61.6 Å². The van der Waals surface area contributed by atoms with E-state index in [0.29, 0.717) is 10.4 Å². The molecular weight excluding hydrogens is 374 g/mol. The van der Waals surface area contributed by atoms with Gasteiger partial charge in [-0.1, -0.05) is 12.8 Å². The molecule has 0 saturated heterocycles. The van der Waals surface area contributed by atoms with Gasteiger partial charge in [-0.3, -0.25) is 25.0 Å². The summed E-state index contributed by atoms with van der Waals surface area (Å²) in [6.07, 6.45) is 10.1. The average molecular weight is 395 g/mol. The zero-order chi connectivity index (χ0) is 19.3. The molecule has 0 atom stereocenters. The Bertz CT molecular complexity index is 938. The van der Waals surface area contributed by atoms with Crippen LogP contribution in [0.2, 0.25) is 0 Å². The molecule has 7 nitrogen and oxygen atoms in total. The van der Waals surface area contributed by atoms with E-state index in [2.05, 4.69) is 21.0 Å². The van der Waals surface area contributed by atoms with Crippen LogP contribution in [0.15, 0.2) is 43.0 Å². The van der Waals surface area contributed by atoms with E-state index in [4.69, 9.17) is 0 Å². The third-order valence-corrected chi connectivity index (χ3v) is 6.09. The highest BCUT2D eigenvalue weighted by Crippen LogP contribution is 2.28. The molecule has 4 rings (SSSR count). The quantitative estimate of drug-likeness (QED) is 0.667. The lowest BCUT2D eigenvalue weighted by Crippen LogP contribution is -2.41. The number of rotatable bonds is 3. The van der Waals surface area contributed by atoms with Crippen LogP contribution in [0.25, 0.3) is 5.69 Å². The van der Waals surface area contributed by atoms with Crippen molar-refractivity contribution in [2.45, 2.75) is 38.5 Å². The number of carbonyl (C=O) groups is 2. The normalized spacial score (nSPS) is 13.9. The van der Waals surface area contributed by atoms with Gasteiger partial charge < -0.3 is 0 Å². The number of amides is 2. The number of hydrogen-bond acceptors (Lipinski definition) is 5. The Morgan fingerprint density at radius 2 is 1.57 bits per heavy atom. The molecule has 0 spiro atoms. The Kier molecular flexibility index (Phi) is 5.48. The first-order valence-electron chi connectivity index (χ1n) is 9.38. The van der Waals surface area contributed by atoms with Crippen molar-refractivity contribution in [3.8, 4) is 5.69 Å². The summed E-state index contributed by atoms with van der Waals surface area (Å²) in [5, 5.41) is 7.51. The van der Waals surface area contributed by atoms with Gasteiger partial charge in [0.15, 0.2) is 0 Å². The van der Waals surface area contributed by atoms with Gasteiger partial charge in [0.05, 0.1) is 4.88 Å². The largest absolute Gasteiger partial charge is 0.288 e. The van der Waals surface area contributed by atoms with Gasteiger partial charge in [0.1, 0.15) is 12.7 Å². The second-order valence-corrected chi connectivity index (χ2v) is 7.93. The summed E-state index contributed by atoms with van der Waals surface area (Å²) in [7, 11) is 0. The third kappa shape index (κ3) is 4.12. The molecule has 0 aliphatic heterocycles. The highest BCUT2D eigenvalue weighted by atomic mass is 32.1. The smallest absolute Gasteiger partial charge is 0.279 e. The molecule has 144 valence electrons. The summed E-state index contributed by atoms with van der Waals surface area (Å²) in [6, 6.07) is 8.93. The first-order valence-corrected chi connectivity index (χ1v) is 10.2. The standard InChI is InChI=1S/C20H21N5O2S/c26-19(14-7-9-16(10-8-14)25-12-21-22-13-25)23-24-20(27)18-11-15-5-3-1-2-4-6-17(15)28-18/h7-13H,1-6H2,(H,23,26)(H,24,27). The first kappa shape index (κ1) is 18.4. The lowest BCUT2D eigenvalue weighted by atomic mass is 10.00. The molecule has 28 heavy (non-hydrogen) atoms. The highest BCUT2D eigenvalue weighted by molar-refractivity contribution is 7.14. The molecule has 2 heterocycles. The van der Waals surface area contributed by atoms with Crippen LogP contribution in [0.4, 0.5) is 0 Å². The van der Waals surface area contributed by atoms with Crippen molar-refractivity contribution in [1.29, 1.82) is 0 Å². The number of aromatic nitrogens is 3. The number of thiophene rings is 1. The number of nitrogens with zero attached hydrogens (tertiary/aromatic N) is 3. The van der Waals surface area contributed by atoms with Crippen molar-refractivity contribution in [3.63, 3.8) is 0 Å². The minimum Gasteiger partial charge on any atom is -0.288 e. The molecule has 3 aromatic rings. The van der Waals surface area contributed by atoms with Crippen LogP contribution < -0.4 is 10.9 Å². The zero-order valence-electron chi connectivity index (χ0n) is 15.4. The number of aryl methyl sites for hydroxylation is 2. The Balaban J connectivity index is 1.36. The Morgan fingerprint density at radius 3 is 2.32 bits per heavy atom. The monoisotopic (exact) mass is 395 g/mol. The van der Waals surface area contributed by atoms with E-state index in [0.717, 1.165) is 18.5 Å². The van der Waals surface area contributed by atoms with Crippen LogP contribution in [0.5, 0.6) is 0 Å². The molecule has 0 fully saturated rings. The fraction of sp³-hybridized carbons (Fsp3) is 0.300. The van der Waals surface area contributed by atoms with Crippen molar-refractivity contribution in [2.24, 2.45) is 0 Å². The minimum absolute atomic E-state index is 0.272. The molecule has 2 aromatic heterocycles. The Labute approximate surface area is 166 Å². The summed E-state index contributed by atoms with van der Waals surface area (Å²) >= 11 is 1.54. The van der Waals surface area contributed by atoms with E-state index >= 15 is 0 Å². The molecule has 1 aromatic carbocycles. The fourth-order valence-corrected chi connectivity index (χ4v) is 4.47. The van der Waals surface area contributed by atoms with Crippen LogP contribution in [-0.4, -0.2) is 26.6 Å². The molecule has 1 aliphatic rings. The summed E-state index contributed by atoms with van der Waals surface area (Å²) < 4.78 is 1.74. The molecule has 0 radical (unpaired) electrons. The van der Waals surface area contributed by atoms with Gasteiger partial charge in [0, 0.05) is 16.1 Å². The second-order valence-electron chi connectivity index (χ2n) is 6.80. The number of hydrogen-bond donors (Lipinski definition) is 2. The Morgan fingerprint density at radius 1 is 0.893 bits per heavy atom. The molecule has 0 unspecified atom stereocenters. The van der Waals surface area contributed by atoms with Crippen LogP contribution in [0, 0.1) is 0 Å². The molecule has 8 heteroatoms. The number of fused-ring (bicyclic) bond motifs is 1. The third-order valence-electron chi connectivity index (χ3n) is 4.86. The first-order chi connectivity index (χ1) is 13.7. The topological polar surface area (TPSA) is 88.9 Å². The van der Waals surface area contributed by atoms with Crippen LogP contribution in [0.3, 0.4) is 0 Å². The van der Waals surface area contributed by atoms with Crippen molar-refractivity contribution in [2.75, 3.05) is 0 Å². The SMILES string of the molecule is O=C(NNC(=O)c1cc2c(s1)CCCCCC2)c1ccc(-n2cnnc2)cc1. The van der Waals surface area contributed by atoms with E-state index < -0.39 is 0 Å². The average Bonchev–Trinajstić information content (AvgIpc) is 3.36. The number of nitrogens with one attached hydrogen (secondary N) is 2. The van der Waals surface area contributed by atoms with Gasteiger partial charge >= 0.3 is 0 Å². The van der Waals surface area contributed by atoms with Gasteiger partial charge in [0.2, 0.25) is 0 Å².